The van der Waals surface area contributed by atoms with E-state index < -0.39 is 11.9 Å². The minimum atomic E-state index is -0.885. The zero-order chi connectivity index (χ0) is 14.7. The molecule has 6 heteroatoms. The van der Waals surface area contributed by atoms with Crippen LogP contribution in [0.4, 0.5) is 14.9 Å². The Kier molecular flexibility index (Phi) is 4.22. The highest BCUT2D eigenvalue weighted by atomic mass is 19.1. The number of halogens is 1. The average molecular weight is 280 g/mol. The molecule has 108 valence electrons. The third kappa shape index (κ3) is 3.07. The standard InChI is InChI=1S/C14H17FN2O3/c1-9-11(15)5-2-6-12(9)16-14(20)17-7-3-4-10(8-17)13(18)19/h2,5-6,10H,3-4,7-8H2,1H3,(H,16,20)(H,18,19)/t10-/m0/s1. The summed E-state index contributed by atoms with van der Waals surface area (Å²) in [6.07, 6.45) is 1.24. The number of piperidine rings is 1. The third-order valence-corrected chi connectivity index (χ3v) is 3.57. The molecule has 1 fully saturated rings. The number of urea groups is 1. The van der Waals surface area contributed by atoms with Crippen molar-refractivity contribution in [1.29, 1.82) is 0 Å². The van der Waals surface area contributed by atoms with E-state index >= 15 is 0 Å². The van der Waals surface area contributed by atoms with Gasteiger partial charge >= 0.3 is 12.0 Å². The van der Waals surface area contributed by atoms with Crippen LogP contribution in [0.15, 0.2) is 18.2 Å². The molecule has 20 heavy (non-hydrogen) atoms. The van der Waals surface area contributed by atoms with Gasteiger partial charge in [0.1, 0.15) is 5.82 Å². The van der Waals surface area contributed by atoms with E-state index in [1.54, 1.807) is 13.0 Å². The Labute approximate surface area is 116 Å². The lowest BCUT2D eigenvalue weighted by atomic mass is 9.99. The van der Waals surface area contributed by atoms with Gasteiger partial charge in [-0.05, 0) is 31.9 Å². The molecule has 1 aromatic carbocycles. The van der Waals surface area contributed by atoms with Crippen molar-refractivity contribution >= 4 is 17.7 Å². The van der Waals surface area contributed by atoms with Crippen LogP contribution in [0.2, 0.25) is 0 Å². The first-order valence-corrected chi connectivity index (χ1v) is 6.53. The van der Waals surface area contributed by atoms with E-state index in [2.05, 4.69) is 5.32 Å². The van der Waals surface area contributed by atoms with Crippen molar-refractivity contribution < 1.29 is 19.1 Å². The molecule has 1 aliphatic heterocycles. The molecule has 0 aliphatic carbocycles. The van der Waals surface area contributed by atoms with Gasteiger partial charge in [0.15, 0.2) is 0 Å². The SMILES string of the molecule is Cc1c(F)cccc1NC(=O)N1CCC[C@H](C(=O)O)C1. The van der Waals surface area contributed by atoms with Gasteiger partial charge in [-0.15, -0.1) is 0 Å². The molecule has 1 saturated heterocycles. The number of nitrogens with one attached hydrogen (secondary N) is 1. The topological polar surface area (TPSA) is 69.6 Å². The summed E-state index contributed by atoms with van der Waals surface area (Å²) in [5, 5.41) is 11.6. The van der Waals surface area contributed by atoms with E-state index in [0.29, 0.717) is 30.6 Å². The van der Waals surface area contributed by atoms with E-state index in [0.717, 1.165) is 0 Å². The van der Waals surface area contributed by atoms with Gasteiger partial charge in [-0.3, -0.25) is 4.79 Å². The molecule has 2 N–H and O–H groups in total. The smallest absolute Gasteiger partial charge is 0.321 e. The van der Waals surface area contributed by atoms with Crippen molar-refractivity contribution in [2.75, 3.05) is 18.4 Å². The zero-order valence-electron chi connectivity index (χ0n) is 11.2. The number of likely N-dealkylation sites (tertiary alicyclic amines) is 1. The number of benzene rings is 1. The van der Waals surface area contributed by atoms with Crippen LogP contribution >= 0.6 is 0 Å². The van der Waals surface area contributed by atoms with Gasteiger partial charge in [0.05, 0.1) is 5.92 Å². The number of nitrogens with zero attached hydrogens (tertiary/aromatic N) is 1. The molecule has 2 rings (SSSR count). The summed E-state index contributed by atoms with van der Waals surface area (Å²) in [6, 6.07) is 4.08. The fourth-order valence-electron chi connectivity index (χ4n) is 2.30. The van der Waals surface area contributed by atoms with E-state index in [9.17, 15) is 14.0 Å². The summed E-state index contributed by atoms with van der Waals surface area (Å²) >= 11 is 0. The molecule has 0 bridgehead atoms. The summed E-state index contributed by atoms with van der Waals surface area (Å²) in [6.45, 7) is 2.29. The van der Waals surface area contributed by atoms with Gasteiger partial charge in [0.25, 0.3) is 0 Å². The Morgan fingerprint density at radius 2 is 2.20 bits per heavy atom. The second kappa shape index (κ2) is 5.90. The Hall–Kier alpha value is -2.11. The number of anilines is 1. The second-order valence-electron chi connectivity index (χ2n) is 4.97. The molecule has 0 unspecified atom stereocenters. The largest absolute Gasteiger partial charge is 0.481 e. The highest BCUT2D eigenvalue weighted by Crippen LogP contribution is 2.20. The number of hydrogen-bond donors (Lipinski definition) is 2. The van der Waals surface area contributed by atoms with E-state index in [-0.39, 0.29) is 18.4 Å². The van der Waals surface area contributed by atoms with Crippen molar-refractivity contribution in [2.45, 2.75) is 19.8 Å². The lowest BCUT2D eigenvalue weighted by Crippen LogP contribution is -2.44. The average Bonchev–Trinajstić information content (AvgIpc) is 2.44. The normalized spacial score (nSPS) is 18.7. The maximum absolute atomic E-state index is 13.4. The zero-order valence-corrected chi connectivity index (χ0v) is 11.2. The van der Waals surface area contributed by atoms with Crippen molar-refractivity contribution in [1.82, 2.24) is 4.90 Å². The van der Waals surface area contributed by atoms with Gasteiger partial charge in [0.2, 0.25) is 0 Å². The third-order valence-electron chi connectivity index (χ3n) is 3.57. The second-order valence-corrected chi connectivity index (χ2v) is 4.97. The van der Waals surface area contributed by atoms with Gasteiger partial charge in [-0.25, -0.2) is 9.18 Å². The van der Waals surface area contributed by atoms with Gasteiger partial charge in [0, 0.05) is 24.3 Å². The lowest BCUT2D eigenvalue weighted by molar-refractivity contribution is -0.143. The fourth-order valence-corrected chi connectivity index (χ4v) is 2.30. The molecule has 1 aromatic rings. The number of amides is 2. The number of hydrogen-bond acceptors (Lipinski definition) is 2. The quantitative estimate of drug-likeness (QED) is 0.874. The maximum atomic E-state index is 13.4. The van der Waals surface area contributed by atoms with Crippen LogP contribution in [-0.2, 0) is 4.79 Å². The molecule has 1 aliphatic rings. The van der Waals surface area contributed by atoms with Crippen molar-refractivity contribution in [3.05, 3.63) is 29.6 Å². The predicted molar refractivity (Wildman–Crippen MR) is 72.1 cm³/mol. The van der Waals surface area contributed by atoms with Gasteiger partial charge in [-0.2, -0.15) is 0 Å². The summed E-state index contributed by atoms with van der Waals surface area (Å²) in [5.41, 5.74) is 0.778. The lowest BCUT2D eigenvalue weighted by Gasteiger charge is -2.30. The number of carboxylic acid groups (broad SMARTS) is 1. The number of carboxylic acids is 1. The number of carbonyl (C=O) groups is 2. The van der Waals surface area contributed by atoms with Crippen LogP contribution in [0, 0.1) is 18.7 Å². The minimum absolute atomic E-state index is 0.190. The molecule has 2 amide bonds. The molecule has 0 aromatic heterocycles. The van der Waals surface area contributed by atoms with Crippen molar-refractivity contribution in [3.8, 4) is 0 Å². The Morgan fingerprint density at radius 3 is 2.90 bits per heavy atom. The van der Waals surface area contributed by atoms with Crippen molar-refractivity contribution in [2.24, 2.45) is 5.92 Å². The van der Waals surface area contributed by atoms with Crippen LogP contribution in [0.25, 0.3) is 0 Å². The highest BCUT2D eigenvalue weighted by molar-refractivity contribution is 5.90. The van der Waals surface area contributed by atoms with Gasteiger partial charge < -0.3 is 15.3 Å². The highest BCUT2D eigenvalue weighted by Gasteiger charge is 2.28. The predicted octanol–water partition coefficient (Wildman–Crippen LogP) is 2.46. The molecule has 1 heterocycles. The summed E-state index contributed by atoms with van der Waals surface area (Å²) in [7, 11) is 0. The van der Waals surface area contributed by atoms with Crippen LogP contribution in [0.5, 0.6) is 0 Å². The van der Waals surface area contributed by atoms with Crippen LogP contribution in [-0.4, -0.2) is 35.1 Å². The summed E-state index contributed by atoms with van der Waals surface area (Å²) < 4.78 is 13.4. The maximum Gasteiger partial charge on any atom is 0.321 e. The Morgan fingerprint density at radius 1 is 1.45 bits per heavy atom. The van der Waals surface area contributed by atoms with Crippen molar-refractivity contribution in [3.63, 3.8) is 0 Å². The molecule has 0 spiro atoms. The minimum Gasteiger partial charge on any atom is -0.481 e. The van der Waals surface area contributed by atoms with Gasteiger partial charge in [-0.1, -0.05) is 6.07 Å². The first-order chi connectivity index (χ1) is 9.49. The monoisotopic (exact) mass is 280 g/mol. The number of aliphatic carboxylic acids is 1. The first kappa shape index (κ1) is 14.3. The number of rotatable bonds is 2. The number of carbonyl (C=O) groups excluding carboxylic acids is 1. The van der Waals surface area contributed by atoms with Crippen LogP contribution in [0.1, 0.15) is 18.4 Å². The molecular weight excluding hydrogens is 263 g/mol. The Bertz CT molecular complexity index is 533. The van der Waals surface area contributed by atoms with E-state index in [1.807, 2.05) is 0 Å². The van der Waals surface area contributed by atoms with Crippen LogP contribution < -0.4 is 5.32 Å². The van der Waals surface area contributed by atoms with E-state index in [1.165, 1.54) is 17.0 Å². The summed E-state index contributed by atoms with van der Waals surface area (Å²) in [4.78, 5) is 24.5. The molecule has 0 radical (unpaired) electrons. The fraction of sp³-hybridized carbons (Fsp3) is 0.429. The summed E-state index contributed by atoms with van der Waals surface area (Å²) in [5.74, 6) is -1.79. The molecule has 0 saturated carbocycles. The first-order valence-electron chi connectivity index (χ1n) is 6.53. The molecular formula is C14H17FN2O3. The van der Waals surface area contributed by atoms with E-state index in [4.69, 9.17) is 5.11 Å². The van der Waals surface area contributed by atoms with Crippen LogP contribution in [0.3, 0.4) is 0 Å². The molecule has 1 atom stereocenters. The molecule has 5 nitrogen and oxygen atoms in total. The Balaban J connectivity index is 2.04.